The van der Waals surface area contributed by atoms with Crippen LogP contribution in [0.4, 0.5) is 10.2 Å². The van der Waals surface area contributed by atoms with Crippen LogP contribution in [0.15, 0.2) is 29.2 Å². The molecule has 2 aromatic heterocycles. The van der Waals surface area contributed by atoms with Gasteiger partial charge in [-0.2, -0.15) is 5.21 Å². The van der Waals surface area contributed by atoms with Gasteiger partial charge in [0.05, 0.1) is 17.0 Å². The van der Waals surface area contributed by atoms with Gasteiger partial charge in [-0.15, -0.1) is 10.2 Å². The molecule has 4 rings (SSSR count). The highest BCUT2D eigenvalue weighted by molar-refractivity contribution is 7.89. The second-order valence-corrected chi connectivity index (χ2v) is 8.80. The van der Waals surface area contributed by atoms with E-state index in [9.17, 15) is 12.8 Å². The third-order valence-corrected chi connectivity index (χ3v) is 6.22. The van der Waals surface area contributed by atoms with E-state index in [0.717, 1.165) is 43.5 Å². The molecular weight excluding hydrogens is 411 g/mol. The van der Waals surface area contributed by atoms with Crippen molar-refractivity contribution in [1.82, 2.24) is 35.3 Å². The molecule has 12 heteroatoms. The minimum Gasteiger partial charge on any atom is -0.357 e. The van der Waals surface area contributed by atoms with Crippen molar-refractivity contribution >= 4 is 15.8 Å². The molecular formula is C18H21FN8O2S. The minimum absolute atomic E-state index is 0.0299. The number of hydrogen-bond donors (Lipinski definition) is 2. The quantitative estimate of drug-likeness (QED) is 0.600. The van der Waals surface area contributed by atoms with E-state index < -0.39 is 15.8 Å². The Balaban J connectivity index is 1.53. The Bertz CT molecular complexity index is 1130. The van der Waals surface area contributed by atoms with Gasteiger partial charge in [-0.1, -0.05) is 0 Å². The fourth-order valence-electron chi connectivity index (χ4n) is 3.34. The number of nitrogens with zero attached hydrogens (tertiary/aromatic N) is 6. The van der Waals surface area contributed by atoms with Crippen LogP contribution in [0.3, 0.4) is 0 Å². The maximum atomic E-state index is 14.1. The van der Waals surface area contributed by atoms with Crippen LogP contribution in [0, 0.1) is 12.7 Å². The molecule has 1 fully saturated rings. The molecule has 0 radical (unpaired) electrons. The van der Waals surface area contributed by atoms with E-state index in [2.05, 4.69) is 40.2 Å². The number of aromatic nitrogens is 6. The molecule has 0 aliphatic carbocycles. The lowest BCUT2D eigenvalue weighted by Crippen LogP contribution is -2.31. The SMILES string of the molecule is Cc1cc(N2CCCCC2)nc(CNS(=O)(=O)c2ccc(F)c(-c3nn[nH]n3)c2)n1. The first-order valence-corrected chi connectivity index (χ1v) is 11.0. The predicted molar refractivity (Wildman–Crippen MR) is 106 cm³/mol. The molecule has 0 bridgehead atoms. The van der Waals surface area contributed by atoms with Gasteiger partial charge in [0.1, 0.15) is 17.5 Å². The highest BCUT2D eigenvalue weighted by Gasteiger charge is 2.20. The Morgan fingerprint density at radius 1 is 1.17 bits per heavy atom. The second-order valence-electron chi connectivity index (χ2n) is 7.03. The number of piperidine rings is 1. The Kier molecular flexibility index (Phi) is 5.68. The van der Waals surface area contributed by atoms with Crippen molar-refractivity contribution in [2.75, 3.05) is 18.0 Å². The fourth-order valence-corrected chi connectivity index (χ4v) is 4.34. The monoisotopic (exact) mass is 432 g/mol. The number of aryl methyl sites for hydroxylation is 1. The molecule has 1 aliphatic rings. The van der Waals surface area contributed by atoms with Crippen molar-refractivity contribution in [1.29, 1.82) is 0 Å². The number of nitrogens with one attached hydrogen (secondary N) is 2. The maximum absolute atomic E-state index is 14.1. The summed E-state index contributed by atoms with van der Waals surface area (Å²) in [5, 5.41) is 13.0. The van der Waals surface area contributed by atoms with Gasteiger partial charge in [0, 0.05) is 24.8 Å². The van der Waals surface area contributed by atoms with Gasteiger partial charge in [-0.05, 0) is 49.6 Å². The minimum atomic E-state index is -3.94. The maximum Gasteiger partial charge on any atom is 0.241 e. The highest BCUT2D eigenvalue weighted by atomic mass is 32.2. The summed E-state index contributed by atoms with van der Waals surface area (Å²) in [4.78, 5) is 10.9. The number of H-pyrrole nitrogens is 1. The molecule has 158 valence electrons. The molecule has 1 aliphatic heterocycles. The molecule has 0 spiro atoms. The van der Waals surface area contributed by atoms with Crippen LogP contribution in [0.2, 0.25) is 0 Å². The van der Waals surface area contributed by atoms with Gasteiger partial charge in [0.2, 0.25) is 15.8 Å². The van der Waals surface area contributed by atoms with E-state index in [0.29, 0.717) is 5.82 Å². The molecule has 10 nitrogen and oxygen atoms in total. The summed E-state index contributed by atoms with van der Waals surface area (Å²) in [5.41, 5.74) is 0.701. The van der Waals surface area contributed by atoms with E-state index in [1.807, 2.05) is 13.0 Å². The average molecular weight is 432 g/mol. The second kappa shape index (κ2) is 8.40. The van der Waals surface area contributed by atoms with Crippen LogP contribution in [-0.2, 0) is 16.6 Å². The third kappa shape index (κ3) is 4.44. The van der Waals surface area contributed by atoms with Gasteiger partial charge >= 0.3 is 0 Å². The van der Waals surface area contributed by atoms with Crippen molar-refractivity contribution in [3.8, 4) is 11.4 Å². The number of benzene rings is 1. The highest BCUT2D eigenvalue weighted by Crippen LogP contribution is 2.23. The van der Waals surface area contributed by atoms with Crippen LogP contribution in [0.1, 0.15) is 30.8 Å². The Morgan fingerprint density at radius 2 is 1.97 bits per heavy atom. The number of hydrogen-bond acceptors (Lipinski definition) is 8. The normalized spacial score (nSPS) is 14.8. The lowest BCUT2D eigenvalue weighted by molar-refractivity contribution is 0.569. The standard InChI is InChI=1S/C18H21FN8O2S/c1-12-9-17(27-7-3-2-4-8-27)22-16(21-12)11-20-30(28,29)13-5-6-15(19)14(10-13)18-23-25-26-24-18/h5-6,9-10,20H,2-4,7-8,11H2,1H3,(H,23,24,25,26). The van der Waals surface area contributed by atoms with Crippen molar-refractivity contribution < 1.29 is 12.8 Å². The van der Waals surface area contributed by atoms with E-state index in [-0.39, 0.29) is 22.8 Å². The van der Waals surface area contributed by atoms with Gasteiger partial charge in [0.15, 0.2) is 0 Å². The number of sulfonamides is 1. The number of tetrazole rings is 1. The lowest BCUT2D eigenvalue weighted by atomic mass is 10.1. The van der Waals surface area contributed by atoms with E-state index >= 15 is 0 Å². The molecule has 0 saturated carbocycles. The molecule has 30 heavy (non-hydrogen) atoms. The third-order valence-electron chi connectivity index (χ3n) is 4.82. The number of rotatable bonds is 6. The zero-order valence-electron chi connectivity index (χ0n) is 16.3. The zero-order chi connectivity index (χ0) is 21.1. The molecule has 0 unspecified atom stereocenters. The summed E-state index contributed by atoms with van der Waals surface area (Å²) >= 11 is 0. The number of halogens is 1. The van der Waals surface area contributed by atoms with Gasteiger partial charge in [-0.3, -0.25) is 0 Å². The summed E-state index contributed by atoms with van der Waals surface area (Å²) in [5.74, 6) is 0.499. The summed E-state index contributed by atoms with van der Waals surface area (Å²) < 4.78 is 42.1. The predicted octanol–water partition coefficient (Wildman–Crippen LogP) is 1.57. The van der Waals surface area contributed by atoms with Gasteiger partial charge in [-0.25, -0.2) is 27.5 Å². The van der Waals surface area contributed by atoms with E-state index in [1.54, 1.807) is 0 Å². The number of aromatic amines is 1. The van der Waals surface area contributed by atoms with E-state index in [1.165, 1.54) is 18.6 Å². The number of anilines is 1. The van der Waals surface area contributed by atoms with Gasteiger partial charge < -0.3 is 4.90 Å². The summed E-state index contributed by atoms with van der Waals surface area (Å²) in [7, 11) is -3.94. The fraction of sp³-hybridized carbons (Fsp3) is 0.389. The first-order valence-electron chi connectivity index (χ1n) is 9.55. The Morgan fingerprint density at radius 3 is 2.70 bits per heavy atom. The van der Waals surface area contributed by atoms with Crippen LogP contribution in [-0.4, -0.2) is 52.1 Å². The summed E-state index contributed by atoms with van der Waals surface area (Å²) in [6.45, 7) is 3.62. The van der Waals surface area contributed by atoms with Crippen LogP contribution in [0.5, 0.6) is 0 Å². The topological polar surface area (TPSA) is 130 Å². The average Bonchev–Trinajstić information content (AvgIpc) is 3.27. The summed E-state index contributed by atoms with van der Waals surface area (Å²) in [6.07, 6.45) is 3.42. The molecule has 3 heterocycles. The Labute approximate surface area is 173 Å². The molecule has 1 aromatic carbocycles. The molecule has 2 N–H and O–H groups in total. The first-order chi connectivity index (χ1) is 14.4. The molecule has 1 saturated heterocycles. The zero-order valence-corrected chi connectivity index (χ0v) is 17.2. The van der Waals surface area contributed by atoms with Crippen molar-refractivity contribution in [2.45, 2.75) is 37.6 Å². The lowest BCUT2D eigenvalue weighted by Gasteiger charge is -2.28. The van der Waals surface area contributed by atoms with Crippen LogP contribution >= 0.6 is 0 Å². The Hall–Kier alpha value is -2.99. The first kappa shape index (κ1) is 20.3. The molecule has 3 aromatic rings. The van der Waals surface area contributed by atoms with Crippen molar-refractivity contribution in [2.24, 2.45) is 0 Å². The van der Waals surface area contributed by atoms with Crippen molar-refractivity contribution in [3.05, 3.63) is 41.6 Å². The van der Waals surface area contributed by atoms with Crippen molar-refractivity contribution in [3.63, 3.8) is 0 Å². The summed E-state index contributed by atoms with van der Waals surface area (Å²) in [6, 6.07) is 5.30. The van der Waals surface area contributed by atoms with Crippen LogP contribution < -0.4 is 9.62 Å². The smallest absolute Gasteiger partial charge is 0.241 e. The van der Waals surface area contributed by atoms with E-state index in [4.69, 9.17) is 0 Å². The molecule has 0 atom stereocenters. The van der Waals surface area contributed by atoms with Crippen LogP contribution in [0.25, 0.3) is 11.4 Å². The largest absolute Gasteiger partial charge is 0.357 e. The van der Waals surface area contributed by atoms with Gasteiger partial charge in [0.25, 0.3) is 0 Å². The molecule has 0 amide bonds.